The highest BCUT2D eigenvalue weighted by atomic mass is 35.5. The number of anilines is 1. The maximum atomic E-state index is 12.2. The van der Waals surface area contributed by atoms with Gasteiger partial charge in [-0.05, 0) is 42.5 Å². The van der Waals surface area contributed by atoms with E-state index < -0.39 is 0 Å². The molecule has 0 aliphatic carbocycles. The van der Waals surface area contributed by atoms with Crippen molar-refractivity contribution in [1.29, 1.82) is 0 Å². The third-order valence-electron chi connectivity index (χ3n) is 3.53. The first kappa shape index (κ1) is 16.7. The maximum absolute atomic E-state index is 12.2. The third-order valence-corrected chi connectivity index (χ3v) is 3.88. The number of carbonyl (C=O) groups is 1. The Morgan fingerprint density at radius 1 is 0.960 bits per heavy atom. The summed E-state index contributed by atoms with van der Waals surface area (Å²) in [5.74, 6) is -0.425. The summed E-state index contributed by atoms with van der Waals surface area (Å²) >= 11 is 6.08. The van der Waals surface area contributed by atoms with Gasteiger partial charge in [0.25, 0.3) is 5.91 Å². The topological polar surface area (TPSA) is 61.7 Å². The number of nitrogens with zero attached hydrogens (tertiary/aromatic N) is 1. The summed E-state index contributed by atoms with van der Waals surface area (Å²) in [5.41, 5.74) is 2.41. The number of aromatic hydroxyl groups is 1. The Hall–Kier alpha value is -3.11. The molecule has 4 nitrogen and oxygen atoms in total. The number of phenolic OH excluding ortho intramolecular Hbond substituents is 1. The molecule has 0 aliphatic heterocycles. The summed E-state index contributed by atoms with van der Waals surface area (Å²) in [6.07, 6.45) is 1.69. The molecule has 124 valence electrons. The molecule has 25 heavy (non-hydrogen) atoms. The van der Waals surface area contributed by atoms with Gasteiger partial charge in [0, 0.05) is 22.5 Å². The molecule has 0 spiro atoms. The van der Waals surface area contributed by atoms with E-state index in [0.29, 0.717) is 10.7 Å². The summed E-state index contributed by atoms with van der Waals surface area (Å²) in [6, 6.07) is 20.9. The van der Waals surface area contributed by atoms with Crippen LogP contribution in [0.5, 0.6) is 5.75 Å². The predicted octanol–water partition coefficient (Wildman–Crippen LogP) is 5.05. The van der Waals surface area contributed by atoms with Gasteiger partial charge in [-0.2, -0.15) is 0 Å². The molecular formula is C20H15ClN2O2. The van der Waals surface area contributed by atoms with Crippen LogP contribution in [-0.2, 0) is 0 Å². The molecule has 0 atom stereocenters. The molecule has 0 aliphatic rings. The summed E-state index contributed by atoms with van der Waals surface area (Å²) in [4.78, 5) is 16.5. The summed E-state index contributed by atoms with van der Waals surface area (Å²) in [6.45, 7) is 0. The Morgan fingerprint density at radius 2 is 1.64 bits per heavy atom. The zero-order chi connectivity index (χ0) is 17.6. The number of halogens is 1. The van der Waals surface area contributed by atoms with Crippen LogP contribution < -0.4 is 5.32 Å². The van der Waals surface area contributed by atoms with Crippen LogP contribution >= 0.6 is 11.6 Å². The van der Waals surface area contributed by atoms with Crippen molar-refractivity contribution in [3.63, 3.8) is 0 Å². The Morgan fingerprint density at radius 3 is 2.36 bits per heavy atom. The monoisotopic (exact) mass is 350 g/mol. The molecule has 0 unspecified atom stereocenters. The van der Waals surface area contributed by atoms with Crippen LogP contribution in [0, 0.1) is 0 Å². The minimum Gasteiger partial charge on any atom is -0.507 e. The van der Waals surface area contributed by atoms with Crippen LogP contribution in [-0.4, -0.2) is 17.2 Å². The number of carbonyl (C=O) groups excluding carboxylic acids is 1. The van der Waals surface area contributed by atoms with Crippen LogP contribution in [0.15, 0.2) is 77.8 Å². The molecule has 2 N–H and O–H groups in total. The Labute approximate surface area is 150 Å². The molecule has 0 saturated heterocycles. The lowest BCUT2D eigenvalue weighted by molar-refractivity contribution is 0.102. The zero-order valence-corrected chi connectivity index (χ0v) is 13.9. The van der Waals surface area contributed by atoms with Gasteiger partial charge in [-0.15, -0.1) is 0 Å². The van der Waals surface area contributed by atoms with E-state index in [-0.39, 0.29) is 17.2 Å². The van der Waals surface area contributed by atoms with Crippen molar-refractivity contribution in [2.24, 2.45) is 4.99 Å². The van der Waals surface area contributed by atoms with Crippen molar-refractivity contribution in [3.8, 4) is 5.75 Å². The van der Waals surface area contributed by atoms with Crippen molar-refractivity contribution < 1.29 is 9.90 Å². The molecule has 0 saturated carbocycles. The molecule has 5 heteroatoms. The summed E-state index contributed by atoms with van der Waals surface area (Å²) in [7, 11) is 0. The lowest BCUT2D eigenvalue weighted by atomic mass is 10.2. The van der Waals surface area contributed by atoms with Gasteiger partial charge >= 0.3 is 0 Å². The number of hydrogen-bond donors (Lipinski definition) is 2. The standard InChI is InChI=1S/C20H15ClN2O2/c21-18-7-3-1-5-14(18)13-22-15-9-11-16(12-10-15)23-20(25)17-6-2-4-8-19(17)24/h1-13,24H,(H,23,25). The average molecular weight is 351 g/mol. The largest absolute Gasteiger partial charge is 0.507 e. The number of benzene rings is 3. The SMILES string of the molecule is O=C(Nc1ccc(N=Cc2ccccc2Cl)cc1)c1ccccc1O. The molecule has 0 bridgehead atoms. The third kappa shape index (κ3) is 4.25. The van der Waals surface area contributed by atoms with Gasteiger partial charge in [-0.1, -0.05) is 41.9 Å². The number of rotatable bonds is 4. The Kier molecular flexibility index (Phi) is 5.11. The fraction of sp³-hybridized carbons (Fsp3) is 0. The van der Waals surface area contributed by atoms with Crippen LogP contribution in [0.1, 0.15) is 15.9 Å². The van der Waals surface area contributed by atoms with Crippen LogP contribution in [0.25, 0.3) is 0 Å². The fourth-order valence-corrected chi connectivity index (χ4v) is 2.40. The lowest BCUT2D eigenvalue weighted by Gasteiger charge is -2.06. The Balaban J connectivity index is 1.69. The fourth-order valence-electron chi connectivity index (χ4n) is 2.22. The molecule has 0 radical (unpaired) electrons. The molecule has 0 fully saturated rings. The lowest BCUT2D eigenvalue weighted by Crippen LogP contribution is -2.11. The molecule has 0 aromatic heterocycles. The normalized spacial score (nSPS) is 10.8. The molecule has 0 heterocycles. The minimum absolute atomic E-state index is 0.0547. The molecule has 3 rings (SSSR count). The first-order valence-corrected chi connectivity index (χ1v) is 7.99. The summed E-state index contributed by atoms with van der Waals surface area (Å²) < 4.78 is 0. The second-order valence-corrected chi connectivity index (χ2v) is 5.71. The van der Waals surface area contributed by atoms with E-state index in [2.05, 4.69) is 10.3 Å². The van der Waals surface area contributed by atoms with Crippen LogP contribution in [0.3, 0.4) is 0 Å². The van der Waals surface area contributed by atoms with Gasteiger partial charge in [-0.3, -0.25) is 9.79 Å². The first-order valence-electron chi connectivity index (χ1n) is 7.61. The second-order valence-electron chi connectivity index (χ2n) is 5.30. The zero-order valence-electron chi connectivity index (χ0n) is 13.2. The number of hydrogen-bond acceptors (Lipinski definition) is 3. The molecule has 1 amide bonds. The van der Waals surface area contributed by atoms with Crippen molar-refractivity contribution in [3.05, 3.63) is 88.9 Å². The van der Waals surface area contributed by atoms with E-state index in [1.807, 2.05) is 18.2 Å². The van der Waals surface area contributed by atoms with E-state index in [1.165, 1.54) is 6.07 Å². The van der Waals surface area contributed by atoms with E-state index in [4.69, 9.17) is 11.6 Å². The van der Waals surface area contributed by atoms with Crippen molar-refractivity contribution >= 4 is 35.1 Å². The van der Waals surface area contributed by atoms with Gasteiger partial charge in [0.15, 0.2) is 0 Å². The van der Waals surface area contributed by atoms with Gasteiger partial charge in [0.1, 0.15) is 5.75 Å². The van der Waals surface area contributed by atoms with Gasteiger partial charge in [0.2, 0.25) is 0 Å². The van der Waals surface area contributed by atoms with E-state index in [0.717, 1.165) is 11.3 Å². The van der Waals surface area contributed by atoms with Crippen molar-refractivity contribution in [2.45, 2.75) is 0 Å². The van der Waals surface area contributed by atoms with Crippen molar-refractivity contribution in [2.75, 3.05) is 5.32 Å². The first-order chi connectivity index (χ1) is 12.1. The maximum Gasteiger partial charge on any atom is 0.259 e. The summed E-state index contributed by atoms with van der Waals surface area (Å²) in [5, 5.41) is 13.1. The predicted molar refractivity (Wildman–Crippen MR) is 101 cm³/mol. The van der Waals surface area contributed by atoms with Gasteiger partial charge < -0.3 is 10.4 Å². The second kappa shape index (κ2) is 7.64. The van der Waals surface area contributed by atoms with E-state index >= 15 is 0 Å². The number of para-hydroxylation sites is 1. The number of phenols is 1. The Bertz CT molecular complexity index is 921. The molecule has 3 aromatic carbocycles. The number of amides is 1. The number of aliphatic imine (C=N–C) groups is 1. The highest BCUT2D eigenvalue weighted by molar-refractivity contribution is 6.33. The highest BCUT2D eigenvalue weighted by Gasteiger charge is 2.10. The quantitative estimate of drug-likeness (QED) is 0.647. The minimum atomic E-state index is -0.370. The smallest absolute Gasteiger partial charge is 0.259 e. The van der Waals surface area contributed by atoms with Crippen molar-refractivity contribution in [1.82, 2.24) is 0 Å². The van der Waals surface area contributed by atoms with Crippen LogP contribution in [0.2, 0.25) is 5.02 Å². The highest BCUT2D eigenvalue weighted by Crippen LogP contribution is 2.21. The van der Waals surface area contributed by atoms with E-state index in [9.17, 15) is 9.90 Å². The van der Waals surface area contributed by atoms with Gasteiger partial charge in [-0.25, -0.2) is 0 Å². The van der Waals surface area contributed by atoms with E-state index in [1.54, 1.807) is 54.7 Å². The van der Waals surface area contributed by atoms with Gasteiger partial charge in [0.05, 0.1) is 11.3 Å². The molecular weight excluding hydrogens is 336 g/mol. The van der Waals surface area contributed by atoms with Crippen LogP contribution in [0.4, 0.5) is 11.4 Å². The number of nitrogens with one attached hydrogen (secondary N) is 1. The molecule has 3 aromatic rings. The average Bonchev–Trinajstić information content (AvgIpc) is 2.62.